The maximum atomic E-state index is 8.60. The lowest BCUT2D eigenvalue weighted by Crippen LogP contribution is -1.80. The minimum Gasteiger partial charge on any atom is -0.204 e. The highest BCUT2D eigenvalue weighted by Crippen LogP contribution is 2.21. The van der Waals surface area contributed by atoms with Gasteiger partial charge in [-0.1, -0.05) is 28.1 Å². The van der Waals surface area contributed by atoms with E-state index in [0.717, 1.165) is 21.6 Å². The first-order valence-electron chi connectivity index (χ1n) is 3.79. The van der Waals surface area contributed by atoms with Gasteiger partial charge in [-0.2, -0.15) is 9.64 Å². The van der Waals surface area contributed by atoms with Gasteiger partial charge >= 0.3 is 0 Å². The molecule has 0 unspecified atom stereocenters. The number of aromatic nitrogens is 2. The summed E-state index contributed by atoms with van der Waals surface area (Å²) in [5, 5.41) is 8.99. The van der Waals surface area contributed by atoms with Crippen molar-refractivity contribution >= 4 is 27.5 Å². The highest BCUT2D eigenvalue weighted by Gasteiger charge is 2.05. The fraction of sp³-hybridized carbons (Fsp3) is 0. The van der Waals surface area contributed by atoms with Gasteiger partial charge in [-0.25, -0.2) is 4.98 Å². The third kappa shape index (κ3) is 1.81. The van der Waals surface area contributed by atoms with Crippen LogP contribution in [0, 0.1) is 11.3 Å². The second-order valence-electron chi connectivity index (χ2n) is 2.55. The van der Waals surface area contributed by atoms with Crippen LogP contribution < -0.4 is 0 Å². The van der Waals surface area contributed by atoms with Crippen molar-refractivity contribution in [1.29, 1.82) is 5.26 Å². The molecule has 0 atom stereocenters. The van der Waals surface area contributed by atoms with Gasteiger partial charge in [-0.05, 0) is 23.7 Å². The largest absolute Gasteiger partial charge is 0.214 e. The monoisotopic (exact) mass is 265 g/mol. The smallest absolute Gasteiger partial charge is 0.204 e. The highest BCUT2D eigenvalue weighted by atomic mass is 79.9. The average molecular weight is 266 g/mol. The number of benzene rings is 1. The molecule has 1 heterocycles. The van der Waals surface area contributed by atoms with E-state index in [1.54, 1.807) is 0 Å². The molecule has 14 heavy (non-hydrogen) atoms. The van der Waals surface area contributed by atoms with Crippen LogP contribution in [0.25, 0.3) is 11.4 Å². The molecule has 0 aliphatic rings. The van der Waals surface area contributed by atoms with Crippen molar-refractivity contribution in [2.75, 3.05) is 0 Å². The van der Waals surface area contributed by atoms with Crippen LogP contribution in [0.4, 0.5) is 0 Å². The Bertz CT molecular complexity index is 501. The van der Waals surface area contributed by atoms with Crippen LogP contribution in [0.2, 0.25) is 0 Å². The SMILES string of the molecule is N#Cc1nc(-c2cccc(Br)c2)ns1. The molecule has 3 nitrogen and oxygen atoms in total. The molecular weight excluding hydrogens is 262 g/mol. The number of rotatable bonds is 1. The van der Waals surface area contributed by atoms with Gasteiger partial charge in [-0.3, -0.25) is 0 Å². The van der Waals surface area contributed by atoms with Gasteiger partial charge in [0, 0.05) is 10.0 Å². The zero-order chi connectivity index (χ0) is 9.97. The zero-order valence-corrected chi connectivity index (χ0v) is 9.34. The summed E-state index contributed by atoms with van der Waals surface area (Å²) < 4.78 is 5.06. The lowest BCUT2D eigenvalue weighted by molar-refractivity contribution is 1.29. The van der Waals surface area contributed by atoms with Gasteiger partial charge in [-0.15, -0.1) is 0 Å². The van der Waals surface area contributed by atoms with E-state index < -0.39 is 0 Å². The van der Waals surface area contributed by atoms with E-state index in [1.807, 2.05) is 30.3 Å². The maximum Gasteiger partial charge on any atom is 0.214 e. The Morgan fingerprint density at radius 1 is 1.43 bits per heavy atom. The third-order valence-corrected chi connectivity index (χ3v) is 2.72. The van der Waals surface area contributed by atoms with Crippen LogP contribution in [0.3, 0.4) is 0 Å². The second-order valence-corrected chi connectivity index (χ2v) is 4.21. The molecule has 0 amide bonds. The standard InChI is InChI=1S/C9H4BrN3S/c10-7-3-1-2-6(4-7)9-12-8(5-11)14-13-9/h1-4H. The summed E-state index contributed by atoms with van der Waals surface area (Å²) in [6.07, 6.45) is 0. The van der Waals surface area contributed by atoms with Crippen molar-refractivity contribution in [3.63, 3.8) is 0 Å². The van der Waals surface area contributed by atoms with Crippen molar-refractivity contribution < 1.29 is 0 Å². The maximum absolute atomic E-state index is 8.60. The van der Waals surface area contributed by atoms with Crippen molar-refractivity contribution in [2.45, 2.75) is 0 Å². The minimum absolute atomic E-state index is 0.389. The van der Waals surface area contributed by atoms with Crippen LogP contribution >= 0.6 is 27.5 Å². The topological polar surface area (TPSA) is 49.6 Å². The third-order valence-electron chi connectivity index (χ3n) is 1.60. The first kappa shape index (κ1) is 9.31. The van der Waals surface area contributed by atoms with E-state index in [9.17, 15) is 0 Å². The Morgan fingerprint density at radius 3 is 2.93 bits per heavy atom. The molecule has 0 bridgehead atoms. The van der Waals surface area contributed by atoms with E-state index in [4.69, 9.17) is 5.26 Å². The second kappa shape index (κ2) is 3.86. The van der Waals surface area contributed by atoms with Crippen LogP contribution in [0.1, 0.15) is 5.01 Å². The molecule has 68 valence electrons. The summed E-state index contributed by atoms with van der Waals surface area (Å²) in [7, 11) is 0. The van der Waals surface area contributed by atoms with Crippen LogP contribution in [0.15, 0.2) is 28.7 Å². The summed E-state index contributed by atoms with van der Waals surface area (Å²) in [6, 6.07) is 9.64. The molecule has 5 heteroatoms. The molecule has 0 aliphatic heterocycles. The van der Waals surface area contributed by atoms with Gasteiger partial charge in [0.25, 0.3) is 0 Å². The molecule has 1 aromatic carbocycles. The molecule has 2 rings (SSSR count). The summed E-state index contributed by atoms with van der Waals surface area (Å²) in [4.78, 5) is 4.07. The summed E-state index contributed by atoms with van der Waals surface area (Å²) in [5.41, 5.74) is 0.914. The number of hydrogen-bond acceptors (Lipinski definition) is 4. The van der Waals surface area contributed by atoms with Crippen molar-refractivity contribution in [1.82, 2.24) is 9.36 Å². The van der Waals surface area contributed by atoms with E-state index in [0.29, 0.717) is 10.8 Å². The molecule has 0 saturated heterocycles. The molecule has 0 N–H and O–H groups in total. The van der Waals surface area contributed by atoms with E-state index in [2.05, 4.69) is 25.3 Å². The van der Waals surface area contributed by atoms with Gasteiger partial charge < -0.3 is 0 Å². The molecule has 0 fully saturated rings. The van der Waals surface area contributed by atoms with Gasteiger partial charge in [0.2, 0.25) is 5.01 Å². The molecule has 0 saturated carbocycles. The van der Waals surface area contributed by atoms with Crippen molar-refractivity contribution in [3.8, 4) is 17.5 Å². The van der Waals surface area contributed by atoms with Gasteiger partial charge in [0.1, 0.15) is 6.07 Å². The Balaban J connectivity index is 2.45. The predicted molar refractivity (Wildman–Crippen MR) is 57.8 cm³/mol. The molecule has 0 radical (unpaired) electrons. The number of hydrogen-bond donors (Lipinski definition) is 0. The normalized spacial score (nSPS) is 9.71. The average Bonchev–Trinajstić information content (AvgIpc) is 2.66. The summed E-state index contributed by atoms with van der Waals surface area (Å²) in [5.74, 6) is 0.604. The van der Waals surface area contributed by atoms with Crippen LogP contribution in [0.5, 0.6) is 0 Å². The summed E-state index contributed by atoms with van der Waals surface area (Å²) >= 11 is 4.48. The molecule has 0 spiro atoms. The molecule has 1 aromatic heterocycles. The van der Waals surface area contributed by atoms with Crippen LogP contribution in [-0.2, 0) is 0 Å². The fourth-order valence-corrected chi connectivity index (χ4v) is 1.90. The Labute approximate surface area is 93.3 Å². The molecular formula is C9H4BrN3S. The minimum atomic E-state index is 0.389. The quantitative estimate of drug-likeness (QED) is 0.797. The lowest BCUT2D eigenvalue weighted by atomic mass is 10.2. The van der Waals surface area contributed by atoms with Crippen molar-refractivity contribution in [3.05, 3.63) is 33.7 Å². The number of nitrogens with zero attached hydrogens (tertiary/aromatic N) is 3. The zero-order valence-electron chi connectivity index (χ0n) is 6.94. The van der Waals surface area contributed by atoms with Crippen LogP contribution in [-0.4, -0.2) is 9.36 Å². The van der Waals surface area contributed by atoms with Gasteiger partial charge in [0.15, 0.2) is 5.82 Å². The Hall–Kier alpha value is -1.25. The van der Waals surface area contributed by atoms with E-state index in [1.165, 1.54) is 0 Å². The van der Waals surface area contributed by atoms with Gasteiger partial charge in [0.05, 0.1) is 0 Å². The van der Waals surface area contributed by atoms with E-state index >= 15 is 0 Å². The lowest BCUT2D eigenvalue weighted by Gasteiger charge is -1.94. The highest BCUT2D eigenvalue weighted by molar-refractivity contribution is 9.10. The number of nitriles is 1. The van der Waals surface area contributed by atoms with Crippen molar-refractivity contribution in [2.24, 2.45) is 0 Å². The predicted octanol–water partition coefficient (Wildman–Crippen LogP) is 2.84. The Kier molecular flexibility index (Phi) is 2.57. The first-order chi connectivity index (χ1) is 6.79. The molecule has 2 aromatic rings. The fourth-order valence-electron chi connectivity index (χ4n) is 1.01. The van der Waals surface area contributed by atoms with E-state index in [-0.39, 0.29) is 0 Å². The number of halogens is 1. The first-order valence-corrected chi connectivity index (χ1v) is 5.36. The summed E-state index contributed by atoms with van der Waals surface area (Å²) in [6.45, 7) is 0. The Morgan fingerprint density at radius 2 is 2.29 bits per heavy atom. The molecule has 0 aliphatic carbocycles.